The summed E-state index contributed by atoms with van der Waals surface area (Å²) in [4.78, 5) is 41.2. The van der Waals surface area contributed by atoms with Crippen molar-refractivity contribution < 1.29 is 14.0 Å². The predicted octanol–water partition coefficient (Wildman–Crippen LogP) is 3.07. The minimum atomic E-state index is -0.637. The number of rotatable bonds is 2. The summed E-state index contributed by atoms with van der Waals surface area (Å²) >= 11 is 6.01. The highest BCUT2D eigenvalue weighted by Gasteiger charge is 2.32. The molecule has 0 unspecified atom stereocenters. The fourth-order valence-corrected chi connectivity index (χ4v) is 3.70. The van der Waals surface area contributed by atoms with Gasteiger partial charge in [0.25, 0.3) is 17.4 Å². The number of imide groups is 1. The van der Waals surface area contributed by atoms with Crippen LogP contribution in [0.1, 0.15) is 26.3 Å². The average Bonchev–Trinajstić information content (AvgIpc) is 3.23. The zero-order valence-corrected chi connectivity index (χ0v) is 16.3. The van der Waals surface area contributed by atoms with Crippen molar-refractivity contribution in [2.24, 2.45) is 0 Å². The van der Waals surface area contributed by atoms with Gasteiger partial charge in [0.15, 0.2) is 5.58 Å². The van der Waals surface area contributed by atoms with Gasteiger partial charge in [-0.05, 0) is 42.8 Å². The largest absolute Gasteiger partial charge is 0.436 e. The van der Waals surface area contributed by atoms with E-state index in [4.69, 9.17) is 21.8 Å². The molecule has 0 bridgehead atoms. The Balaban J connectivity index is 1.71. The Hall–Kier alpha value is -3.91. The number of carbonyl (C=O) groups excluding carboxylic acids is 2. The van der Waals surface area contributed by atoms with Crippen molar-refractivity contribution in [3.05, 3.63) is 74.5 Å². The van der Waals surface area contributed by atoms with Crippen molar-refractivity contribution in [1.82, 2.24) is 14.9 Å². The summed E-state index contributed by atoms with van der Waals surface area (Å²) in [6, 6.07) is 11.5. The molecule has 2 aromatic heterocycles. The molecule has 0 aliphatic carbocycles. The number of nitrogens with zero attached hydrogens (tertiary/aromatic N) is 2. The number of aryl methyl sites for hydroxylation is 1. The Kier molecular flexibility index (Phi) is 3.81. The number of hydrogen-bond donors (Lipinski definition) is 2. The lowest BCUT2D eigenvalue weighted by Gasteiger charge is -2.15. The Morgan fingerprint density at radius 3 is 2.67 bits per heavy atom. The number of nitrogens with two attached hydrogens (primary N) is 1. The highest BCUT2D eigenvalue weighted by molar-refractivity contribution is 6.31. The number of benzene rings is 2. The maximum absolute atomic E-state index is 12.8. The number of carbonyl (C=O) groups is 2. The van der Waals surface area contributed by atoms with E-state index in [1.54, 1.807) is 43.3 Å². The van der Waals surface area contributed by atoms with Gasteiger partial charge in [0.05, 0.1) is 16.8 Å². The standard InChI is InChI=1S/C21H13ClN4O4/c1-9-2-3-10(21-24-13-7-11(22)4-5-15(13)30-21)6-14(9)26-16(27)8-12-17(18(26)23)20(29)25-19(12)28/h2-8H,23H2,1H3,(H,25,28,29). The van der Waals surface area contributed by atoms with E-state index in [0.717, 1.165) is 11.6 Å². The van der Waals surface area contributed by atoms with Gasteiger partial charge in [-0.2, -0.15) is 0 Å². The number of aromatic nitrogens is 2. The van der Waals surface area contributed by atoms with Crippen LogP contribution < -0.4 is 16.6 Å². The monoisotopic (exact) mass is 420 g/mol. The summed E-state index contributed by atoms with van der Waals surface area (Å²) in [5, 5.41) is 2.69. The van der Waals surface area contributed by atoms with Gasteiger partial charge in [-0.3, -0.25) is 24.3 Å². The SMILES string of the molecule is Cc1ccc(-c2nc3cc(Cl)ccc3o2)cc1-n1c(N)c2c(cc1=O)C(=O)NC2=O. The molecule has 2 amide bonds. The first-order valence-corrected chi connectivity index (χ1v) is 9.30. The van der Waals surface area contributed by atoms with Crippen molar-refractivity contribution >= 4 is 40.3 Å². The minimum absolute atomic E-state index is 0.0130. The molecular formula is C21H13ClN4O4. The average molecular weight is 421 g/mol. The molecule has 0 spiro atoms. The molecule has 9 heteroatoms. The van der Waals surface area contributed by atoms with Gasteiger partial charge in [0.1, 0.15) is 11.3 Å². The van der Waals surface area contributed by atoms with E-state index in [9.17, 15) is 14.4 Å². The summed E-state index contributed by atoms with van der Waals surface area (Å²) in [7, 11) is 0. The van der Waals surface area contributed by atoms with E-state index in [2.05, 4.69) is 10.3 Å². The fraction of sp³-hybridized carbons (Fsp3) is 0.0476. The summed E-state index contributed by atoms with van der Waals surface area (Å²) in [5.74, 6) is -1.04. The van der Waals surface area contributed by atoms with Crippen LogP contribution in [0.5, 0.6) is 0 Å². The highest BCUT2D eigenvalue weighted by atomic mass is 35.5. The lowest BCUT2D eigenvalue weighted by Crippen LogP contribution is -2.24. The van der Waals surface area contributed by atoms with Crippen LogP contribution >= 0.6 is 11.6 Å². The van der Waals surface area contributed by atoms with Crippen LogP contribution in [0, 0.1) is 6.92 Å². The lowest BCUT2D eigenvalue weighted by atomic mass is 10.1. The van der Waals surface area contributed by atoms with Crippen LogP contribution in [-0.2, 0) is 0 Å². The molecule has 0 saturated heterocycles. The Morgan fingerprint density at radius 1 is 1.07 bits per heavy atom. The number of anilines is 1. The van der Waals surface area contributed by atoms with Crippen LogP contribution in [0.25, 0.3) is 28.2 Å². The van der Waals surface area contributed by atoms with Crippen LogP contribution in [0.3, 0.4) is 0 Å². The molecular weight excluding hydrogens is 408 g/mol. The molecule has 1 aliphatic heterocycles. The van der Waals surface area contributed by atoms with Crippen molar-refractivity contribution in [3.8, 4) is 17.1 Å². The van der Waals surface area contributed by atoms with Gasteiger partial charge < -0.3 is 10.2 Å². The molecule has 8 nitrogen and oxygen atoms in total. The van der Waals surface area contributed by atoms with Gasteiger partial charge in [-0.1, -0.05) is 17.7 Å². The first kappa shape index (κ1) is 18.1. The topological polar surface area (TPSA) is 120 Å². The predicted molar refractivity (Wildman–Crippen MR) is 111 cm³/mol. The zero-order valence-electron chi connectivity index (χ0n) is 15.5. The van der Waals surface area contributed by atoms with E-state index in [-0.39, 0.29) is 16.9 Å². The molecule has 148 valence electrons. The second-order valence-corrected chi connectivity index (χ2v) is 7.34. The van der Waals surface area contributed by atoms with Crippen molar-refractivity contribution in [2.45, 2.75) is 6.92 Å². The minimum Gasteiger partial charge on any atom is -0.436 e. The molecule has 2 aromatic carbocycles. The van der Waals surface area contributed by atoms with Gasteiger partial charge in [-0.25, -0.2) is 4.98 Å². The van der Waals surface area contributed by atoms with E-state index in [0.29, 0.717) is 33.3 Å². The molecule has 3 N–H and O–H groups in total. The second kappa shape index (κ2) is 6.30. The third kappa shape index (κ3) is 2.61. The third-order valence-corrected chi connectivity index (χ3v) is 5.24. The summed E-state index contributed by atoms with van der Waals surface area (Å²) < 4.78 is 7.01. The Morgan fingerprint density at radius 2 is 1.87 bits per heavy atom. The number of oxazole rings is 1. The van der Waals surface area contributed by atoms with Gasteiger partial charge in [-0.15, -0.1) is 0 Å². The summed E-state index contributed by atoms with van der Waals surface area (Å²) in [5.41, 5.74) is 8.55. The molecule has 5 rings (SSSR count). The number of fused-ring (bicyclic) bond motifs is 2. The van der Waals surface area contributed by atoms with E-state index in [1.165, 1.54) is 4.57 Å². The maximum Gasteiger partial charge on any atom is 0.262 e. The first-order valence-electron chi connectivity index (χ1n) is 8.92. The van der Waals surface area contributed by atoms with Crippen molar-refractivity contribution in [3.63, 3.8) is 0 Å². The van der Waals surface area contributed by atoms with Crippen molar-refractivity contribution in [1.29, 1.82) is 0 Å². The van der Waals surface area contributed by atoms with Crippen LogP contribution in [0.15, 0.2) is 51.7 Å². The first-order chi connectivity index (χ1) is 14.3. The molecule has 0 saturated carbocycles. The number of halogens is 1. The molecule has 3 heterocycles. The number of nitrogen functional groups attached to an aromatic ring is 1. The van der Waals surface area contributed by atoms with Gasteiger partial charge >= 0.3 is 0 Å². The molecule has 30 heavy (non-hydrogen) atoms. The van der Waals surface area contributed by atoms with Gasteiger partial charge in [0.2, 0.25) is 5.89 Å². The zero-order chi connectivity index (χ0) is 21.2. The molecule has 4 aromatic rings. The Labute approximate surface area is 173 Å². The molecule has 0 radical (unpaired) electrons. The summed E-state index contributed by atoms with van der Waals surface area (Å²) in [6.45, 7) is 1.80. The molecule has 1 aliphatic rings. The van der Waals surface area contributed by atoms with Crippen LogP contribution in [0.4, 0.5) is 5.82 Å². The van der Waals surface area contributed by atoms with Crippen molar-refractivity contribution in [2.75, 3.05) is 5.73 Å². The quantitative estimate of drug-likeness (QED) is 0.481. The number of nitrogens with one attached hydrogen (secondary N) is 1. The second-order valence-electron chi connectivity index (χ2n) is 6.91. The Bertz CT molecular complexity index is 1470. The smallest absolute Gasteiger partial charge is 0.262 e. The van der Waals surface area contributed by atoms with Crippen LogP contribution in [0.2, 0.25) is 5.02 Å². The normalized spacial score (nSPS) is 13.0. The van der Waals surface area contributed by atoms with E-state index >= 15 is 0 Å². The van der Waals surface area contributed by atoms with Gasteiger partial charge in [0, 0.05) is 16.7 Å². The maximum atomic E-state index is 12.8. The van der Waals surface area contributed by atoms with E-state index < -0.39 is 17.4 Å². The molecule has 0 fully saturated rings. The summed E-state index contributed by atoms with van der Waals surface area (Å²) in [6.07, 6.45) is 0. The highest BCUT2D eigenvalue weighted by Crippen LogP contribution is 2.30. The lowest BCUT2D eigenvalue weighted by molar-refractivity contribution is 0.0880. The van der Waals surface area contributed by atoms with E-state index in [1.807, 2.05) is 0 Å². The van der Waals surface area contributed by atoms with Crippen LogP contribution in [-0.4, -0.2) is 21.4 Å². The fourth-order valence-electron chi connectivity index (χ4n) is 3.54. The number of pyridine rings is 1. The number of hydrogen-bond acceptors (Lipinski definition) is 6. The molecule has 0 atom stereocenters. The number of amides is 2. The third-order valence-electron chi connectivity index (χ3n) is 5.00.